The number of piperazine rings is 1. The van der Waals surface area contributed by atoms with Gasteiger partial charge in [0, 0.05) is 32.7 Å². The first kappa shape index (κ1) is 17.9. The number of hydrogen-bond donors (Lipinski definition) is 0. The van der Waals surface area contributed by atoms with Gasteiger partial charge in [0.1, 0.15) is 0 Å². The Balaban J connectivity index is 1.39. The van der Waals surface area contributed by atoms with Crippen LogP contribution in [0.5, 0.6) is 0 Å². The van der Waals surface area contributed by atoms with E-state index in [-0.39, 0.29) is 24.3 Å². The molecule has 140 valence electrons. The number of carbonyl (C=O) groups is 2. The number of benzene rings is 2. The molecule has 0 N–H and O–H groups in total. The van der Waals surface area contributed by atoms with Crippen LogP contribution in [-0.2, 0) is 16.1 Å². The molecular weight excluding hydrogens is 338 g/mol. The van der Waals surface area contributed by atoms with Crippen molar-refractivity contribution in [1.82, 2.24) is 9.80 Å². The Labute approximate surface area is 160 Å². The highest BCUT2D eigenvalue weighted by atomic mass is 16.2. The number of aryl methyl sites for hydroxylation is 1. The summed E-state index contributed by atoms with van der Waals surface area (Å²) in [6, 6.07) is 17.7. The first-order chi connectivity index (χ1) is 13.1. The molecule has 0 aliphatic carbocycles. The van der Waals surface area contributed by atoms with Gasteiger partial charge in [-0.15, -0.1) is 0 Å². The second kappa shape index (κ2) is 7.62. The predicted molar refractivity (Wildman–Crippen MR) is 105 cm³/mol. The lowest BCUT2D eigenvalue weighted by Crippen LogP contribution is -2.52. The Morgan fingerprint density at radius 1 is 0.926 bits per heavy atom. The van der Waals surface area contributed by atoms with Gasteiger partial charge in [0.2, 0.25) is 5.91 Å². The largest absolute Gasteiger partial charge is 0.297 e. The summed E-state index contributed by atoms with van der Waals surface area (Å²) in [5.74, 6) is -0.176. The third-order valence-electron chi connectivity index (χ3n) is 5.48. The van der Waals surface area contributed by atoms with Crippen LogP contribution in [0.25, 0.3) is 0 Å². The van der Waals surface area contributed by atoms with E-state index in [1.807, 2.05) is 37.3 Å². The fourth-order valence-corrected chi connectivity index (χ4v) is 4.01. The van der Waals surface area contributed by atoms with Crippen LogP contribution in [0.3, 0.4) is 0 Å². The van der Waals surface area contributed by atoms with Crippen LogP contribution in [0.2, 0.25) is 0 Å². The van der Waals surface area contributed by atoms with E-state index in [0.29, 0.717) is 5.69 Å². The predicted octanol–water partition coefficient (Wildman–Crippen LogP) is 2.44. The van der Waals surface area contributed by atoms with Crippen LogP contribution < -0.4 is 4.90 Å². The summed E-state index contributed by atoms with van der Waals surface area (Å²) >= 11 is 0. The van der Waals surface area contributed by atoms with E-state index in [4.69, 9.17) is 0 Å². The van der Waals surface area contributed by atoms with E-state index in [0.717, 1.165) is 38.3 Å². The molecule has 2 fully saturated rings. The summed E-state index contributed by atoms with van der Waals surface area (Å²) in [6.45, 7) is 6.37. The standard InChI is InChI=1S/C22H25N3O2/c1-17-6-5-9-19(14-17)25-21(26)15-20(22(25)27)24-12-10-23(11-13-24)16-18-7-3-2-4-8-18/h2-9,14,20H,10-13,15-16H2,1H3/t20-/m0/s1. The zero-order valence-electron chi connectivity index (χ0n) is 15.7. The molecule has 0 unspecified atom stereocenters. The number of carbonyl (C=O) groups excluding carboxylic acids is 2. The van der Waals surface area contributed by atoms with Gasteiger partial charge in [0.15, 0.2) is 0 Å². The molecule has 2 amide bonds. The Morgan fingerprint density at radius 2 is 1.67 bits per heavy atom. The molecular formula is C22H25N3O2. The minimum Gasteiger partial charge on any atom is -0.297 e. The average Bonchev–Trinajstić information content (AvgIpc) is 2.97. The van der Waals surface area contributed by atoms with Gasteiger partial charge in [-0.2, -0.15) is 0 Å². The number of imide groups is 1. The van der Waals surface area contributed by atoms with E-state index < -0.39 is 0 Å². The fraction of sp³-hybridized carbons (Fsp3) is 0.364. The Hall–Kier alpha value is -2.50. The van der Waals surface area contributed by atoms with E-state index in [1.54, 1.807) is 0 Å². The lowest BCUT2D eigenvalue weighted by atomic mass is 10.1. The summed E-state index contributed by atoms with van der Waals surface area (Å²) in [5, 5.41) is 0. The molecule has 27 heavy (non-hydrogen) atoms. The van der Waals surface area contributed by atoms with Gasteiger partial charge in [-0.1, -0.05) is 42.5 Å². The summed E-state index contributed by atoms with van der Waals surface area (Å²) in [5.41, 5.74) is 3.05. The van der Waals surface area contributed by atoms with Crippen molar-refractivity contribution in [2.45, 2.75) is 25.9 Å². The van der Waals surface area contributed by atoms with Gasteiger partial charge < -0.3 is 0 Å². The van der Waals surface area contributed by atoms with Gasteiger partial charge in [-0.05, 0) is 30.2 Å². The highest BCUT2D eigenvalue weighted by Crippen LogP contribution is 2.27. The second-order valence-electron chi connectivity index (χ2n) is 7.42. The minimum atomic E-state index is -0.322. The quantitative estimate of drug-likeness (QED) is 0.783. The fourth-order valence-electron chi connectivity index (χ4n) is 4.01. The molecule has 0 saturated carbocycles. The molecule has 5 heteroatoms. The Kier molecular flexibility index (Phi) is 5.05. The maximum absolute atomic E-state index is 12.9. The number of anilines is 1. The summed E-state index contributed by atoms with van der Waals surface area (Å²) in [4.78, 5) is 31.4. The molecule has 0 aromatic heterocycles. The van der Waals surface area contributed by atoms with Crippen molar-refractivity contribution in [3.63, 3.8) is 0 Å². The van der Waals surface area contributed by atoms with E-state index in [1.165, 1.54) is 10.5 Å². The van der Waals surface area contributed by atoms with Crippen molar-refractivity contribution in [2.24, 2.45) is 0 Å². The van der Waals surface area contributed by atoms with Crippen LogP contribution in [0, 0.1) is 6.92 Å². The maximum atomic E-state index is 12.9. The summed E-state index contributed by atoms with van der Waals surface area (Å²) < 4.78 is 0. The number of nitrogens with zero attached hydrogens (tertiary/aromatic N) is 3. The van der Waals surface area contributed by atoms with E-state index in [9.17, 15) is 9.59 Å². The van der Waals surface area contributed by atoms with Crippen molar-refractivity contribution in [3.8, 4) is 0 Å². The van der Waals surface area contributed by atoms with Gasteiger partial charge in [-0.3, -0.25) is 19.4 Å². The van der Waals surface area contributed by atoms with Crippen LogP contribution >= 0.6 is 0 Å². The average molecular weight is 363 g/mol. The molecule has 2 aromatic carbocycles. The van der Waals surface area contributed by atoms with Gasteiger partial charge >= 0.3 is 0 Å². The highest BCUT2D eigenvalue weighted by Gasteiger charge is 2.43. The van der Waals surface area contributed by atoms with Crippen LogP contribution in [0.1, 0.15) is 17.5 Å². The van der Waals surface area contributed by atoms with Crippen molar-refractivity contribution in [2.75, 3.05) is 31.1 Å². The highest BCUT2D eigenvalue weighted by molar-refractivity contribution is 6.22. The molecule has 4 rings (SSSR count). The third kappa shape index (κ3) is 3.80. The van der Waals surface area contributed by atoms with E-state index >= 15 is 0 Å². The van der Waals surface area contributed by atoms with E-state index in [2.05, 4.69) is 34.1 Å². The molecule has 0 spiro atoms. The lowest BCUT2D eigenvalue weighted by Gasteiger charge is -2.37. The minimum absolute atomic E-state index is 0.0814. The summed E-state index contributed by atoms with van der Waals surface area (Å²) in [7, 11) is 0. The molecule has 2 aliphatic heterocycles. The molecule has 0 radical (unpaired) electrons. The molecule has 2 aliphatic rings. The Bertz CT molecular complexity index is 828. The molecule has 1 atom stereocenters. The molecule has 2 heterocycles. The topological polar surface area (TPSA) is 43.9 Å². The van der Waals surface area contributed by atoms with Crippen molar-refractivity contribution >= 4 is 17.5 Å². The first-order valence-corrected chi connectivity index (χ1v) is 9.55. The SMILES string of the molecule is Cc1cccc(N2C(=O)C[C@H](N3CCN(Cc4ccccc4)CC3)C2=O)c1. The number of hydrogen-bond acceptors (Lipinski definition) is 4. The van der Waals surface area contributed by atoms with Gasteiger partial charge in [-0.25, -0.2) is 4.90 Å². The molecule has 5 nitrogen and oxygen atoms in total. The molecule has 2 aromatic rings. The van der Waals surface area contributed by atoms with Gasteiger partial charge in [0.05, 0.1) is 18.2 Å². The first-order valence-electron chi connectivity index (χ1n) is 9.55. The maximum Gasteiger partial charge on any atom is 0.251 e. The Morgan fingerprint density at radius 3 is 2.37 bits per heavy atom. The molecule has 2 saturated heterocycles. The normalized spacial score (nSPS) is 21.8. The van der Waals surface area contributed by atoms with Crippen molar-refractivity contribution in [3.05, 3.63) is 65.7 Å². The monoisotopic (exact) mass is 363 g/mol. The van der Waals surface area contributed by atoms with Crippen LogP contribution in [-0.4, -0.2) is 53.8 Å². The second-order valence-corrected chi connectivity index (χ2v) is 7.42. The van der Waals surface area contributed by atoms with Crippen molar-refractivity contribution < 1.29 is 9.59 Å². The van der Waals surface area contributed by atoms with Gasteiger partial charge in [0.25, 0.3) is 5.91 Å². The van der Waals surface area contributed by atoms with Crippen LogP contribution in [0.15, 0.2) is 54.6 Å². The van der Waals surface area contributed by atoms with Crippen molar-refractivity contribution in [1.29, 1.82) is 0 Å². The number of rotatable bonds is 4. The third-order valence-corrected chi connectivity index (χ3v) is 5.48. The van der Waals surface area contributed by atoms with Crippen LogP contribution in [0.4, 0.5) is 5.69 Å². The zero-order valence-corrected chi connectivity index (χ0v) is 15.7. The summed E-state index contributed by atoms with van der Waals surface area (Å²) in [6.07, 6.45) is 0.283. The zero-order chi connectivity index (χ0) is 18.8. The number of amides is 2. The molecule has 0 bridgehead atoms. The smallest absolute Gasteiger partial charge is 0.251 e. The lowest BCUT2D eigenvalue weighted by molar-refractivity contribution is -0.123.